The zero-order chi connectivity index (χ0) is 18.7. The SMILES string of the molecule is Cc1cc(C)n(CC(=O)N[C@@H](Cc2ccccn2)C2CC(O)C2)c(=O)n1. The van der Waals surface area contributed by atoms with Crippen LogP contribution in [0, 0.1) is 19.8 Å². The summed E-state index contributed by atoms with van der Waals surface area (Å²) in [4.78, 5) is 32.8. The zero-order valence-corrected chi connectivity index (χ0v) is 15.1. The Balaban J connectivity index is 1.70. The minimum atomic E-state index is -0.419. The first-order chi connectivity index (χ1) is 12.4. The van der Waals surface area contributed by atoms with Crippen LogP contribution < -0.4 is 11.0 Å². The molecule has 0 bridgehead atoms. The minimum absolute atomic E-state index is 0.0636. The topological polar surface area (TPSA) is 97.1 Å². The molecule has 0 unspecified atom stereocenters. The fourth-order valence-corrected chi connectivity index (χ4v) is 3.40. The molecule has 1 amide bonds. The smallest absolute Gasteiger partial charge is 0.348 e. The summed E-state index contributed by atoms with van der Waals surface area (Å²) in [5.74, 6) is -0.0203. The summed E-state index contributed by atoms with van der Waals surface area (Å²) in [7, 11) is 0. The van der Waals surface area contributed by atoms with E-state index < -0.39 is 5.69 Å². The Labute approximate surface area is 152 Å². The van der Waals surface area contributed by atoms with Gasteiger partial charge in [-0.05, 0) is 50.8 Å². The highest BCUT2D eigenvalue weighted by Gasteiger charge is 2.35. The Bertz CT molecular complexity index is 828. The van der Waals surface area contributed by atoms with Crippen molar-refractivity contribution in [2.24, 2.45) is 5.92 Å². The van der Waals surface area contributed by atoms with E-state index in [1.807, 2.05) is 18.2 Å². The molecule has 138 valence electrons. The second-order valence-corrected chi connectivity index (χ2v) is 6.99. The molecule has 7 heteroatoms. The molecule has 0 aliphatic heterocycles. The van der Waals surface area contributed by atoms with Crippen LogP contribution in [0.15, 0.2) is 35.3 Å². The Morgan fingerprint density at radius 3 is 2.77 bits per heavy atom. The van der Waals surface area contributed by atoms with Gasteiger partial charge in [0.05, 0.1) is 6.10 Å². The first-order valence-corrected chi connectivity index (χ1v) is 8.85. The molecule has 1 saturated carbocycles. The van der Waals surface area contributed by atoms with Crippen molar-refractivity contribution in [3.63, 3.8) is 0 Å². The van der Waals surface area contributed by atoms with Gasteiger partial charge in [0.25, 0.3) is 0 Å². The highest BCUT2D eigenvalue weighted by atomic mass is 16.3. The molecule has 2 N–H and O–H groups in total. The van der Waals surface area contributed by atoms with E-state index in [4.69, 9.17) is 0 Å². The molecule has 7 nitrogen and oxygen atoms in total. The van der Waals surface area contributed by atoms with Gasteiger partial charge >= 0.3 is 5.69 Å². The number of hydrogen-bond acceptors (Lipinski definition) is 5. The molecule has 1 aliphatic rings. The molecule has 2 heterocycles. The predicted octanol–water partition coefficient (Wildman–Crippen LogP) is 0.754. The van der Waals surface area contributed by atoms with Crippen molar-refractivity contribution < 1.29 is 9.90 Å². The molecule has 0 aromatic carbocycles. The third-order valence-electron chi connectivity index (χ3n) is 4.87. The first kappa shape index (κ1) is 18.3. The van der Waals surface area contributed by atoms with Crippen molar-refractivity contribution in [1.82, 2.24) is 19.9 Å². The molecule has 1 atom stereocenters. The van der Waals surface area contributed by atoms with Crippen LogP contribution in [0.2, 0.25) is 0 Å². The largest absolute Gasteiger partial charge is 0.393 e. The molecular weight excluding hydrogens is 332 g/mol. The van der Waals surface area contributed by atoms with Crippen molar-refractivity contribution in [3.8, 4) is 0 Å². The summed E-state index contributed by atoms with van der Waals surface area (Å²) in [5, 5.41) is 12.6. The van der Waals surface area contributed by atoms with Crippen molar-refractivity contribution in [1.29, 1.82) is 0 Å². The van der Waals surface area contributed by atoms with Crippen LogP contribution in [0.25, 0.3) is 0 Å². The first-order valence-electron chi connectivity index (χ1n) is 8.85. The van der Waals surface area contributed by atoms with Crippen molar-refractivity contribution in [3.05, 3.63) is 58.0 Å². The van der Waals surface area contributed by atoms with Gasteiger partial charge in [-0.15, -0.1) is 0 Å². The van der Waals surface area contributed by atoms with E-state index in [1.54, 1.807) is 26.1 Å². The number of rotatable bonds is 6. The summed E-state index contributed by atoms with van der Waals surface area (Å²) in [6.07, 6.45) is 3.37. The number of nitrogens with zero attached hydrogens (tertiary/aromatic N) is 3. The van der Waals surface area contributed by atoms with Crippen molar-refractivity contribution >= 4 is 5.91 Å². The van der Waals surface area contributed by atoms with E-state index in [2.05, 4.69) is 15.3 Å². The number of hydrogen-bond donors (Lipinski definition) is 2. The number of carbonyl (C=O) groups excluding carboxylic acids is 1. The Morgan fingerprint density at radius 2 is 2.15 bits per heavy atom. The average molecular weight is 356 g/mol. The molecule has 3 rings (SSSR count). The Morgan fingerprint density at radius 1 is 1.38 bits per heavy atom. The number of aliphatic hydroxyl groups excluding tert-OH is 1. The molecule has 26 heavy (non-hydrogen) atoms. The van der Waals surface area contributed by atoms with E-state index in [-0.39, 0.29) is 30.5 Å². The van der Waals surface area contributed by atoms with Crippen molar-refractivity contribution in [2.75, 3.05) is 0 Å². The molecule has 0 spiro atoms. The fourth-order valence-electron chi connectivity index (χ4n) is 3.40. The van der Waals surface area contributed by atoms with Gasteiger partial charge in [-0.2, -0.15) is 4.98 Å². The normalized spacial score (nSPS) is 20.3. The van der Waals surface area contributed by atoms with E-state index >= 15 is 0 Å². The summed E-state index contributed by atoms with van der Waals surface area (Å²) >= 11 is 0. The zero-order valence-electron chi connectivity index (χ0n) is 15.1. The van der Waals surface area contributed by atoms with Crippen LogP contribution >= 0.6 is 0 Å². The molecule has 1 aliphatic carbocycles. The van der Waals surface area contributed by atoms with Gasteiger partial charge in [-0.25, -0.2) is 4.79 Å². The standard InChI is InChI=1S/C19H24N4O3/c1-12-7-13(2)23(19(26)21-12)11-18(25)22-17(14-8-16(24)9-14)10-15-5-3-4-6-20-15/h3-7,14,16-17,24H,8-11H2,1-2H3,(H,22,25)/t14?,16?,17-/m0/s1. The van der Waals surface area contributed by atoms with E-state index in [1.165, 1.54) is 4.57 Å². The molecular formula is C19H24N4O3. The monoisotopic (exact) mass is 356 g/mol. The number of nitrogens with one attached hydrogen (secondary N) is 1. The second kappa shape index (κ2) is 7.78. The number of pyridine rings is 1. The lowest BCUT2D eigenvalue weighted by Crippen LogP contribution is -2.49. The van der Waals surface area contributed by atoms with Gasteiger partial charge < -0.3 is 10.4 Å². The molecule has 0 saturated heterocycles. The number of aliphatic hydroxyl groups is 1. The quantitative estimate of drug-likeness (QED) is 0.796. The van der Waals surface area contributed by atoms with Gasteiger partial charge in [0.1, 0.15) is 6.54 Å². The summed E-state index contributed by atoms with van der Waals surface area (Å²) < 4.78 is 1.37. The average Bonchev–Trinajstić information content (AvgIpc) is 2.55. The van der Waals surface area contributed by atoms with Gasteiger partial charge in [0.2, 0.25) is 5.91 Å². The number of amides is 1. The van der Waals surface area contributed by atoms with E-state index in [0.29, 0.717) is 30.7 Å². The minimum Gasteiger partial charge on any atom is -0.393 e. The summed E-state index contributed by atoms with van der Waals surface area (Å²) in [6, 6.07) is 7.35. The molecule has 2 aromatic heterocycles. The van der Waals surface area contributed by atoms with E-state index in [9.17, 15) is 14.7 Å². The van der Waals surface area contributed by atoms with Gasteiger partial charge in [-0.3, -0.25) is 14.3 Å². The lowest BCUT2D eigenvalue weighted by atomic mass is 9.76. The van der Waals surface area contributed by atoms with Gasteiger partial charge in [0, 0.05) is 35.7 Å². The van der Waals surface area contributed by atoms with Crippen LogP contribution in [0.3, 0.4) is 0 Å². The lowest BCUT2D eigenvalue weighted by molar-refractivity contribution is -0.123. The Hall–Kier alpha value is -2.54. The summed E-state index contributed by atoms with van der Waals surface area (Å²) in [6.45, 7) is 3.48. The van der Waals surface area contributed by atoms with E-state index in [0.717, 1.165) is 5.69 Å². The number of carbonyl (C=O) groups is 1. The van der Waals surface area contributed by atoms with Crippen LogP contribution in [0.4, 0.5) is 0 Å². The maximum Gasteiger partial charge on any atom is 0.348 e. The van der Waals surface area contributed by atoms with Crippen LogP contribution in [-0.4, -0.2) is 37.7 Å². The second-order valence-electron chi connectivity index (χ2n) is 6.99. The van der Waals surface area contributed by atoms with Crippen LogP contribution in [0.1, 0.15) is 29.9 Å². The van der Waals surface area contributed by atoms with Crippen molar-refractivity contribution in [2.45, 2.75) is 51.8 Å². The van der Waals surface area contributed by atoms with Crippen LogP contribution in [0.5, 0.6) is 0 Å². The summed E-state index contributed by atoms with van der Waals surface area (Å²) in [5.41, 5.74) is 1.82. The molecule has 0 radical (unpaired) electrons. The number of aryl methyl sites for hydroxylation is 2. The maximum atomic E-state index is 12.5. The third-order valence-corrected chi connectivity index (χ3v) is 4.87. The van der Waals surface area contributed by atoms with Gasteiger partial charge in [0.15, 0.2) is 0 Å². The predicted molar refractivity (Wildman–Crippen MR) is 96.6 cm³/mol. The van der Waals surface area contributed by atoms with Gasteiger partial charge in [-0.1, -0.05) is 6.07 Å². The molecule has 1 fully saturated rings. The highest BCUT2D eigenvalue weighted by Crippen LogP contribution is 2.31. The maximum absolute atomic E-state index is 12.5. The fraction of sp³-hybridized carbons (Fsp3) is 0.474. The molecule has 2 aromatic rings. The lowest BCUT2D eigenvalue weighted by Gasteiger charge is -2.38. The third kappa shape index (κ3) is 4.35. The number of aromatic nitrogens is 3. The Kier molecular flexibility index (Phi) is 5.46. The van der Waals surface area contributed by atoms with Crippen LogP contribution in [-0.2, 0) is 17.8 Å². The highest BCUT2D eigenvalue weighted by molar-refractivity contribution is 5.76.